The number of nitrogens with one attached hydrogen (secondary N) is 2. The van der Waals surface area contributed by atoms with Crippen molar-refractivity contribution >= 4 is 11.8 Å². The highest BCUT2D eigenvalue weighted by Crippen LogP contribution is 2.27. The third-order valence-corrected chi connectivity index (χ3v) is 4.83. The molecule has 2 amide bonds. The molecule has 3 rings (SSSR count). The highest BCUT2D eigenvalue weighted by Gasteiger charge is 2.33. The smallest absolute Gasteiger partial charge is 0.233 e. The van der Waals surface area contributed by atoms with Gasteiger partial charge in [0, 0.05) is 19.1 Å². The van der Waals surface area contributed by atoms with Gasteiger partial charge in [0.05, 0.1) is 6.04 Å². The van der Waals surface area contributed by atoms with E-state index in [0.717, 1.165) is 18.5 Å². The van der Waals surface area contributed by atoms with Gasteiger partial charge in [-0.25, -0.2) is 0 Å². The van der Waals surface area contributed by atoms with E-state index in [1.807, 2.05) is 30.3 Å². The Morgan fingerprint density at radius 2 is 1.96 bits per heavy atom. The molecule has 2 N–H and O–H groups in total. The van der Waals surface area contributed by atoms with Crippen LogP contribution in [0.15, 0.2) is 30.3 Å². The number of piperidine rings is 1. The summed E-state index contributed by atoms with van der Waals surface area (Å²) in [6.45, 7) is 1.45. The molecule has 2 atom stereocenters. The summed E-state index contributed by atoms with van der Waals surface area (Å²) in [6, 6.07) is 10.6. The van der Waals surface area contributed by atoms with Gasteiger partial charge in [-0.15, -0.1) is 0 Å². The van der Waals surface area contributed by atoms with Crippen LogP contribution in [0, 0.1) is 5.92 Å². The van der Waals surface area contributed by atoms with Crippen LogP contribution in [0.1, 0.15) is 37.3 Å². The molecule has 1 aromatic carbocycles. The molecule has 1 saturated carbocycles. The minimum Gasteiger partial charge on any atom is -0.354 e. The van der Waals surface area contributed by atoms with Crippen molar-refractivity contribution in [3.8, 4) is 0 Å². The summed E-state index contributed by atoms with van der Waals surface area (Å²) in [5.41, 5.74) is 1.10. The molecule has 2 fully saturated rings. The number of benzene rings is 1. The largest absolute Gasteiger partial charge is 0.354 e. The van der Waals surface area contributed by atoms with Crippen molar-refractivity contribution < 1.29 is 9.59 Å². The summed E-state index contributed by atoms with van der Waals surface area (Å²) in [5, 5.41) is 5.89. The molecular weight excluding hydrogens is 290 g/mol. The third kappa shape index (κ3) is 4.10. The Morgan fingerprint density at radius 3 is 2.61 bits per heavy atom. The molecule has 124 valence electrons. The SMILES string of the molecule is CN(CCNC(=O)C1CCC(c2ccccc2)NC1=O)C1CC1. The average Bonchev–Trinajstić information content (AvgIpc) is 3.40. The van der Waals surface area contributed by atoms with E-state index < -0.39 is 5.92 Å². The second-order valence-electron chi connectivity index (χ2n) is 6.60. The second kappa shape index (κ2) is 7.13. The summed E-state index contributed by atoms with van der Waals surface area (Å²) in [4.78, 5) is 26.8. The van der Waals surface area contributed by atoms with Gasteiger partial charge < -0.3 is 15.5 Å². The number of rotatable bonds is 6. The van der Waals surface area contributed by atoms with E-state index in [0.29, 0.717) is 19.0 Å². The van der Waals surface area contributed by atoms with Crippen LogP contribution in [0.4, 0.5) is 0 Å². The van der Waals surface area contributed by atoms with Crippen LogP contribution in [0.25, 0.3) is 0 Å². The molecular formula is C18H25N3O2. The van der Waals surface area contributed by atoms with Crippen molar-refractivity contribution in [3.05, 3.63) is 35.9 Å². The highest BCUT2D eigenvalue weighted by molar-refractivity contribution is 6.00. The number of hydrogen-bond donors (Lipinski definition) is 2. The molecule has 1 saturated heterocycles. The third-order valence-electron chi connectivity index (χ3n) is 4.83. The summed E-state index contributed by atoms with van der Waals surface area (Å²) >= 11 is 0. The van der Waals surface area contributed by atoms with E-state index in [4.69, 9.17) is 0 Å². The second-order valence-corrected chi connectivity index (χ2v) is 6.60. The Kier molecular flexibility index (Phi) is 4.96. The van der Waals surface area contributed by atoms with E-state index in [2.05, 4.69) is 22.6 Å². The quantitative estimate of drug-likeness (QED) is 0.782. The van der Waals surface area contributed by atoms with Crippen molar-refractivity contribution in [2.75, 3.05) is 20.1 Å². The van der Waals surface area contributed by atoms with E-state index in [9.17, 15) is 9.59 Å². The van der Waals surface area contributed by atoms with Gasteiger partial charge in [-0.2, -0.15) is 0 Å². The molecule has 0 radical (unpaired) electrons. The minimum atomic E-state index is -0.554. The first kappa shape index (κ1) is 16.0. The Bertz CT molecular complexity index is 557. The molecule has 1 aliphatic heterocycles. The zero-order valence-electron chi connectivity index (χ0n) is 13.6. The predicted octanol–water partition coefficient (Wildman–Crippen LogP) is 1.46. The monoisotopic (exact) mass is 315 g/mol. The summed E-state index contributed by atoms with van der Waals surface area (Å²) in [6.07, 6.45) is 3.93. The normalized spacial score (nSPS) is 24.3. The van der Waals surface area contributed by atoms with E-state index in [-0.39, 0.29) is 17.9 Å². The molecule has 0 bridgehead atoms. The first-order valence-electron chi connectivity index (χ1n) is 8.48. The van der Waals surface area contributed by atoms with Gasteiger partial charge in [-0.1, -0.05) is 30.3 Å². The van der Waals surface area contributed by atoms with Crippen molar-refractivity contribution in [1.29, 1.82) is 0 Å². The molecule has 1 heterocycles. The molecule has 0 aromatic heterocycles. The van der Waals surface area contributed by atoms with Gasteiger partial charge in [0.25, 0.3) is 0 Å². The zero-order chi connectivity index (χ0) is 16.2. The van der Waals surface area contributed by atoms with Crippen LogP contribution in [0.5, 0.6) is 0 Å². The maximum absolute atomic E-state index is 12.3. The zero-order valence-corrected chi connectivity index (χ0v) is 13.6. The van der Waals surface area contributed by atoms with Crippen LogP contribution < -0.4 is 10.6 Å². The minimum absolute atomic E-state index is 0.0220. The molecule has 5 heteroatoms. The molecule has 2 unspecified atom stereocenters. The molecule has 2 aliphatic rings. The van der Waals surface area contributed by atoms with Gasteiger partial charge in [0.1, 0.15) is 5.92 Å². The molecule has 5 nitrogen and oxygen atoms in total. The number of hydrogen-bond acceptors (Lipinski definition) is 3. The lowest BCUT2D eigenvalue weighted by atomic mass is 9.90. The van der Waals surface area contributed by atoms with Crippen molar-refractivity contribution in [1.82, 2.24) is 15.5 Å². The van der Waals surface area contributed by atoms with Gasteiger partial charge in [0.15, 0.2) is 0 Å². The average molecular weight is 315 g/mol. The molecule has 0 spiro atoms. The van der Waals surface area contributed by atoms with Gasteiger partial charge in [-0.3, -0.25) is 9.59 Å². The van der Waals surface area contributed by atoms with Crippen LogP contribution in [-0.4, -0.2) is 42.9 Å². The Morgan fingerprint density at radius 1 is 1.22 bits per heavy atom. The topological polar surface area (TPSA) is 61.4 Å². The number of carbonyl (C=O) groups excluding carboxylic acids is 2. The number of likely N-dealkylation sites (N-methyl/N-ethyl adjacent to an activating group) is 1. The number of amides is 2. The first-order chi connectivity index (χ1) is 11.1. The van der Waals surface area contributed by atoms with Crippen molar-refractivity contribution in [3.63, 3.8) is 0 Å². The standard InChI is InChI=1S/C18H25N3O2/c1-21(14-7-8-14)12-11-19-17(22)15-9-10-16(20-18(15)23)13-5-3-2-4-6-13/h2-6,14-16H,7-12H2,1H3,(H,19,22)(H,20,23). The van der Waals surface area contributed by atoms with Crippen LogP contribution in [0.2, 0.25) is 0 Å². The Labute approximate surface area is 137 Å². The van der Waals surface area contributed by atoms with Crippen molar-refractivity contribution in [2.24, 2.45) is 5.92 Å². The molecule has 1 aliphatic carbocycles. The summed E-state index contributed by atoms with van der Waals surface area (Å²) in [7, 11) is 2.08. The van der Waals surface area contributed by atoms with E-state index >= 15 is 0 Å². The van der Waals surface area contributed by atoms with E-state index in [1.165, 1.54) is 12.8 Å². The van der Waals surface area contributed by atoms with E-state index in [1.54, 1.807) is 0 Å². The Balaban J connectivity index is 1.45. The fourth-order valence-corrected chi connectivity index (χ4v) is 3.17. The van der Waals surface area contributed by atoms with Gasteiger partial charge in [0.2, 0.25) is 11.8 Å². The Hall–Kier alpha value is -1.88. The fourth-order valence-electron chi connectivity index (χ4n) is 3.17. The summed E-state index contributed by atoms with van der Waals surface area (Å²) < 4.78 is 0. The van der Waals surface area contributed by atoms with Gasteiger partial charge in [-0.05, 0) is 38.3 Å². The highest BCUT2D eigenvalue weighted by atomic mass is 16.2. The summed E-state index contributed by atoms with van der Waals surface area (Å²) in [5.74, 6) is -0.849. The number of nitrogens with zero attached hydrogens (tertiary/aromatic N) is 1. The molecule has 23 heavy (non-hydrogen) atoms. The van der Waals surface area contributed by atoms with Crippen LogP contribution >= 0.6 is 0 Å². The first-order valence-corrected chi connectivity index (χ1v) is 8.48. The predicted molar refractivity (Wildman–Crippen MR) is 88.7 cm³/mol. The molecule has 1 aromatic rings. The lowest BCUT2D eigenvalue weighted by molar-refractivity contribution is -0.137. The van der Waals surface area contributed by atoms with Gasteiger partial charge >= 0.3 is 0 Å². The maximum Gasteiger partial charge on any atom is 0.233 e. The maximum atomic E-state index is 12.3. The lowest BCUT2D eigenvalue weighted by Gasteiger charge is -2.29. The van der Waals surface area contributed by atoms with Crippen molar-refractivity contribution in [2.45, 2.75) is 37.8 Å². The fraction of sp³-hybridized carbons (Fsp3) is 0.556. The lowest BCUT2D eigenvalue weighted by Crippen LogP contribution is -2.47. The van der Waals surface area contributed by atoms with Crippen LogP contribution in [0.3, 0.4) is 0 Å². The number of carbonyl (C=O) groups is 2. The van der Waals surface area contributed by atoms with Crippen LogP contribution in [-0.2, 0) is 9.59 Å².